The Morgan fingerprint density at radius 1 is 0.469 bits per heavy atom. The van der Waals surface area contributed by atoms with Gasteiger partial charge in [0.2, 0.25) is 0 Å². The summed E-state index contributed by atoms with van der Waals surface area (Å²) in [6, 6.07) is 59.8. The fourth-order valence-corrected chi connectivity index (χ4v) is 9.70. The van der Waals surface area contributed by atoms with Gasteiger partial charge in [-0.2, -0.15) is 0 Å². The van der Waals surface area contributed by atoms with E-state index in [1.807, 2.05) is 23.9 Å². The molecular formula is C46H34FNS. The van der Waals surface area contributed by atoms with Crippen LogP contribution in [0.15, 0.2) is 180 Å². The quantitative estimate of drug-likeness (QED) is 0.182. The Bertz CT molecular complexity index is 2310. The van der Waals surface area contributed by atoms with Crippen LogP contribution in [0.5, 0.6) is 0 Å². The summed E-state index contributed by atoms with van der Waals surface area (Å²) in [6.07, 6.45) is 0. The average molecular weight is 652 g/mol. The second kappa shape index (κ2) is 11.4. The number of para-hydroxylation sites is 1. The number of halogens is 1. The van der Waals surface area contributed by atoms with E-state index in [9.17, 15) is 4.39 Å². The molecule has 0 bridgehead atoms. The van der Waals surface area contributed by atoms with Crippen molar-refractivity contribution < 1.29 is 4.39 Å². The van der Waals surface area contributed by atoms with E-state index >= 15 is 0 Å². The summed E-state index contributed by atoms with van der Waals surface area (Å²) in [5.41, 5.74) is 12.3. The molecule has 0 spiro atoms. The van der Waals surface area contributed by atoms with Gasteiger partial charge in [-0.3, -0.25) is 0 Å². The van der Waals surface area contributed by atoms with Crippen LogP contribution in [0, 0.1) is 5.82 Å². The van der Waals surface area contributed by atoms with Crippen LogP contribution in [0.4, 0.5) is 21.5 Å². The number of rotatable bonds is 5. The largest absolute Gasteiger partial charge is 0.310 e. The zero-order valence-corrected chi connectivity index (χ0v) is 28.2. The van der Waals surface area contributed by atoms with Gasteiger partial charge in [-0.25, -0.2) is 4.39 Å². The third-order valence-corrected chi connectivity index (χ3v) is 11.6. The summed E-state index contributed by atoms with van der Waals surface area (Å²) >= 11 is 1.83. The van der Waals surface area contributed by atoms with Crippen molar-refractivity contribution in [3.05, 3.63) is 209 Å². The van der Waals surface area contributed by atoms with Crippen LogP contribution in [0.1, 0.15) is 47.2 Å². The van der Waals surface area contributed by atoms with Gasteiger partial charge in [-0.1, -0.05) is 147 Å². The molecule has 0 amide bonds. The molecular weight excluding hydrogens is 618 g/mol. The molecule has 1 heterocycles. The lowest BCUT2D eigenvalue weighted by atomic mass is 9.67. The highest BCUT2D eigenvalue weighted by Crippen LogP contribution is 2.59. The van der Waals surface area contributed by atoms with Crippen LogP contribution in [0.2, 0.25) is 0 Å². The highest BCUT2D eigenvalue weighted by Gasteiger charge is 2.47. The Morgan fingerprint density at radius 3 is 1.69 bits per heavy atom. The highest BCUT2D eigenvalue weighted by atomic mass is 32.2. The normalized spacial score (nSPS) is 14.7. The van der Waals surface area contributed by atoms with Crippen LogP contribution in [0.25, 0.3) is 11.1 Å². The highest BCUT2D eigenvalue weighted by molar-refractivity contribution is 7.99. The first-order valence-electron chi connectivity index (χ1n) is 16.8. The average Bonchev–Trinajstić information content (AvgIpc) is 3.44. The van der Waals surface area contributed by atoms with Crippen LogP contribution < -0.4 is 4.90 Å². The monoisotopic (exact) mass is 651 g/mol. The van der Waals surface area contributed by atoms with Gasteiger partial charge in [0.05, 0.1) is 11.1 Å². The molecule has 7 aromatic carbocycles. The molecule has 1 aliphatic heterocycles. The molecule has 236 valence electrons. The van der Waals surface area contributed by atoms with Crippen molar-refractivity contribution >= 4 is 28.8 Å². The van der Waals surface area contributed by atoms with E-state index in [2.05, 4.69) is 164 Å². The lowest BCUT2D eigenvalue weighted by Gasteiger charge is -2.39. The Balaban J connectivity index is 1.33. The molecule has 0 radical (unpaired) electrons. The van der Waals surface area contributed by atoms with E-state index in [0.29, 0.717) is 0 Å². The van der Waals surface area contributed by atoms with Gasteiger partial charge >= 0.3 is 0 Å². The predicted molar refractivity (Wildman–Crippen MR) is 201 cm³/mol. The maximum atomic E-state index is 14.5. The molecule has 0 aromatic heterocycles. The molecule has 0 saturated heterocycles. The van der Waals surface area contributed by atoms with Gasteiger partial charge in [0, 0.05) is 26.6 Å². The van der Waals surface area contributed by atoms with Crippen molar-refractivity contribution in [2.24, 2.45) is 0 Å². The fraction of sp³-hybridized carbons (Fsp3) is 0.0870. The first-order valence-corrected chi connectivity index (χ1v) is 17.6. The number of hydrogen-bond acceptors (Lipinski definition) is 2. The molecule has 49 heavy (non-hydrogen) atoms. The molecule has 0 saturated carbocycles. The smallest absolute Gasteiger partial charge is 0.123 e. The summed E-state index contributed by atoms with van der Waals surface area (Å²) in [5, 5.41) is 0. The van der Waals surface area contributed by atoms with E-state index < -0.39 is 5.41 Å². The van der Waals surface area contributed by atoms with Crippen LogP contribution in [0.3, 0.4) is 0 Å². The molecule has 1 aliphatic carbocycles. The maximum absolute atomic E-state index is 14.5. The number of nitrogens with zero attached hydrogens (tertiary/aromatic N) is 1. The van der Waals surface area contributed by atoms with E-state index in [0.717, 1.165) is 17.1 Å². The fourth-order valence-electron chi connectivity index (χ4n) is 8.27. The molecule has 3 heteroatoms. The Labute approximate surface area is 291 Å². The van der Waals surface area contributed by atoms with Crippen LogP contribution in [-0.4, -0.2) is 0 Å². The second-order valence-corrected chi connectivity index (χ2v) is 14.5. The van der Waals surface area contributed by atoms with E-state index in [1.54, 1.807) is 12.1 Å². The van der Waals surface area contributed by atoms with Crippen molar-refractivity contribution in [2.45, 2.75) is 34.5 Å². The minimum Gasteiger partial charge on any atom is -0.310 e. The zero-order valence-electron chi connectivity index (χ0n) is 27.4. The molecule has 1 nitrogen and oxygen atoms in total. The third kappa shape index (κ3) is 4.46. The van der Waals surface area contributed by atoms with Gasteiger partial charge in [0.15, 0.2) is 0 Å². The summed E-state index contributed by atoms with van der Waals surface area (Å²) in [5.74, 6) is -0.254. The minimum atomic E-state index is -0.590. The molecule has 0 N–H and O–H groups in total. The number of benzene rings is 7. The molecule has 0 atom stereocenters. The second-order valence-electron chi connectivity index (χ2n) is 13.4. The van der Waals surface area contributed by atoms with Gasteiger partial charge in [-0.05, 0) is 93.0 Å². The molecule has 2 aliphatic rings. The van der Waals surface area contributed by atoms with Gasteiger partial charge < -0.3 is 4.90 Å². The predicted octanol–water partition coefficient (Wildman–Crippen LogP) is 12.4. The Kier molecular flexibility index (Phi) is 6.89. The van der Waals surface area contributed by atoms with Crippen molar-refractivity contribution in [1.82, 2.24) is 0 Å². The summed E-state index contributed by atoms with van der Waals surface area (Å²) in [6.45, 7) is 4.63. The molecule has 0 fully saturated rings. The van der Waals surface area contributed by atoms with Gasteiger partial charge in [0.1, 0.15) is 5.82 Å². The maximum Gasteiger partial charge on any atom is 0.123 e. The standard InChI is InChI=1S/C46H34FNS/c1-45(2)40-21-11-13-23-43(40)49-44-30-34(28-29-41(44)45)48(33-26-24-32(47)25-27-33)42-22-12-10-20-39(42)46(31-14-4-3-5-15-31)37-18-8-6-16-35(37)36-17-7-9-19-38(36)46/h3-30H,1-2H3. The first-order chi connectivity index (χ1) is 24.0. The Morgan fingerprint density at radius 2 is 1.00 bits per heavy atom. The van der Waals surface area contributed by atoms with Crippen molar-refractivity contribution in [1.29, 1.82) is 0 Å². The van der Waals surface area contributed by atoms with Gasteiger partial charge in [0.25, 0.3) is 0 Å². The molecule has 7 aromatic rings. The third-order valence-electron chi connectivity index (χ3n) is 10.5. The zero-order chi connectivity index (χ0) is 33.2. The number of anilines is 3. The minimum absolute atomic E-state index is 0.136. The SMILES string of the molecule is CC1(C)c2ccccc2Sc2cc(N(c3ccc(F)cc3)c3ccccc3C3(c4ccccc4)c4ccccc4-c4ccccc43)ccc21. The van der Waals surface area contributed by atoms with E-state index in [1.165, 1.54) is 54.3 Å². The Hall–Kier alpha value is -5.38. The van der Waals surface area contributed by atoms with Crippen molar-refractivity contribution in [3.8, 4) is 11.1 Å². The number of fused-ring (bicyclic) bond motifs is 5. The summed E-state index contributed by atoms with van der Waals surface area (Å²) < 4.78 is 14.5. The molecule has 9 rings (SSSR count). The van der Waals surface area contributed by atoms with E-state index in [4.69, 9.17) is 0 Å². The molecule has 0 unspecified atom stereocenters. The number of hydrogen-bond donors (Lipinski definition) is 0. The lowest BCUT2D eigenvalue weighted by molar-refractivity contribution is 0.607. The lowest BCUT2D eigenvalue weighted by Crippen LogP contribution is -2.30. The summed E-state index contributed by atoms with van der Waals surface area (Å²) in [7, 11) is 0. The first kappa shape index (κ1) is 29.7. The van der Waals surface area contributed by atoms with Crippen molar-refractivity contribution in [3.63, 3.8) is 0 Å². The topological polar surface area (TPSA) is 3.24 Å². The van der Waals surface area contributed by atoms with Crippen molar-refractivity contribution in [2.75, 3.05) is 4.90 Å². The summed E-state index contributed by atoms with van der Waals surface area (Å²) in [4.78, 5) is 4.84. The van der Waals surface area contributed by atoms with Gasteiger partial charge in [-0.15, -0.1) is 0 Å². The van der Waals surface area contributed by atoms with Crippen LogP contribution in [-0.2, 0) is 10.8 Å². The van der Waals surface area contributed by atoms with Crippen LogP contribution >= 0.6 is 11.8 Å². The van der Waals surface area contributed by atoms with E-state index in [-0.39, 0.29) is 11.2 Å².